The summed E-state index contributed by atoms with van der Waals surface area (Å²) in [5.41, 5.74) is 0. The molecule has 0 spiro atoms. The summed E-state index contributed by atoms with van der Waals surface area (Å²) in [5, 5.41) is 3.51. The fourth-order valence-electron chi connectivity index (χ4n) is 2.91. The number of carbonyl (C=O) groups is 1. The van der Waals surface area contributed by atoms with Crippen LogP contribution in [0.4, 0.5) is 0 Å². The van der Waals surface area contributed by atoms with E-state index >= 15 is 0 Å². The number of nitrogens with zero attached hydrogens (tertiary/aromatic N) is 1. The highest BCUT2D eigenvalue weighted by molar-refractivity contribution is 5.81. The highest BCUT2D eigenvalue weighted by Gasteiger charge is 2.41. The number of nitrogens with one attached hydrogen (secondary N) is 1. The van der Waals surface area contributed by atoms with E-state index in [4.69, 9.17) is 0 Å². The molecule has 2 unspecified atom stereocenters. The highest BCUT2D eigenvalue weighted by Crippen LogP contribution is 2.34. The number of amides is 1. The third-order valence-corrected chi connectivity index (χ3v) is 3.84. The van der Waals surface area contributed by atoms with Gasteiger partial charge in [0.1, 0.15) is 0 Å². The molecule has 0 aromatic carbocycles. The van der Waals surface area contributed by atoms with Gasteiger partial charge in [0.15, 0.2) is 0 Å². The molecule has 3 nitrogen and oxygen atoms in total. The van der Waals surface area contributed by atoms with Crippen LogP contribution in [-0.2, 0) is 4.79 Å². The minimum absolute atomic E-state index is 0.398. The third kappa shape index (κ3) is 1.34. The monoisotopic (exact) mass is 194 g/mol. The molecule has 14 heavy (non-hydrogen) atoms. The molecule has 3 aliphatic rings. The van der Waals surface area contributed by atoms with Crippen LogP contribution in [0, 0.1) is 5.92 Å². The number of hydrogen-bond acceptors (Lipinski definition) is 2. The average Bonchev–Trinajstić information content (AvgIpc) is 2.94. The van der Waals surface area contributed by atoms with E-state index in [0.717, 1.165) is 25.9 Å². The normalized spacial score (nSPS) is 37.0. The summed E-state index contributed by atoms with van der Waals surface area (Å²) < 4.78 is 0. The maximum Gasteiger partial charge on any atom is 0.225 e. The second kappa shape index (κ2) is 3.23. The Balaban J connectivity index is 1.73. The summed E-state index contributed by atoms with van der Waals surface area (Å²) >= 11 is 0. The Kier molecular flexibility index (Phi) is 2.01. The fraction of sp³-hybridized carbons (Fsp3) is 0.909. The van der Waals surface area contributed by atoms with Gasteiger partial charge in [-0.3, -0.25) is 4.79 Å². The van der Waals surface area contributed by atoms with Gasteiger partial charge in [-0.05, 0) is 38.6 Å². The van der Waals surface area contributed by atoms with Gasteiger partial charge in [-0.2, -0.15) is 0 Å². The molecule has 78 valence electrons. The molecule has 0 radical (unpaired) electrons. The van der Waals surface area contributed by atoms with Crippen LogP contribution in [0.25, 0.3) is 0 Å². The quantitative estimate of drug-likeness (QED) is 0.668. The van der Waals surface area contributed by atoms with Crippen LogP contribution >= 0.6 is 0 Å². The minimum atomic E-state index is 0.398. The number of rotatable bonds is 1. The van der Waals surface area contributed by atoms with Crippen LogP contribution < -0.4 is 5.32 Å². The van der Waals surface area contributed by atoms with Gasteiger partial charge in [0, 0.05) is 24.5 Å². The second-order valence-corrected chi connectivity index (χ2v) is 4.86. The Labute approximate surface area is 84.8 Å². The lowest BCUT2D eigenvalue weighted by Gasteiger charge is -2.37. The molecule has 3 rings (SSSR count). The predicted molar refractivity (Wildman–Crippen MR) is 53.9 cm³/mol. The Morgan fingerprint density at radius 1 is 1.21 bits per heavy atom. The van der Waals surface area contributed by atoms with Gasteiger partial charge in [-0.1, -0.05) is 0 Å². The van der Waals surface area contributed by atoms with E-state index in [1.165, 1.54) is 19.3 Å². The van der Waals surface area contributed by atoms with E-state index in [2.05, 4.69) is 10.2 Å². The molecule has 1 aliphatic carbocycles. The maximum atomic E-state index is 12.0. The van der Waals surface area contributed by atoms with Crippen LogP contribution in [0.3, 0.4) is 0 Å². The number of fused-ring (bicyclic) bond motifs is 1. The van der Waals surface area contributed by atoms with Crippen LogP contribution in [0.5, 0.6) is 0 Å². The zero-order chi connectivity index (χ0) is 9.54. The van der Waals surface area contributed by atoms with E-state index in [1.54, 1.807) is 0 Å². The molecule has 3 fully saturated rings. The standard InChI is InChI=1S/C11H18N2O/c14-11(8-3-4-8)13-7-1-2-9-10(13)5-6-12-9/h8-10,12H,1-7H2. The lowest BCUT2D eigenvalue weighted by molar-refractivity contribution is -0.136. The molecule has 0 aromatic rings. The van der Waals surface area contributed by atoms with E-state index < -0.39 is 0 Å². The molecule has 0 bridgehead atoms. The van der Waals surface area contributed by atoms with Gasteiger partial charge in [0.25, 0.3) is 0 Å². The molecular weight excluding hydrogens is 176 g/mol. The Morgan fingerprint density at radius 3 is 2.86 bits per heavy atom. The van der Waals surface area contributed by atoms with Crippen molar-refractivity contribution >= 4 is 5.91 Å². The molecule has 1 amide bonds. The Bertz CT molecular complexity index is 250. The van der Waals surface area contributed by atoms with Gasteiger partial charge in [0.05, 0.1) is 0 Å². The Morgan fingerprint density at radius 2 is 2.07 bits per heavy atom. The summed E-state index contributed by atoms with van der Waals surface area (Å²) in [6.07, 6.45) is 5.90. The Hall–Kier alpha value is -0.570. The summed E-state index contributed by atoms with van der Waals surface area (Å²) in [6.45, 7) is 2.11. The van der Waals surface area contributed by atoms with Crippen molar-refractivity contribution in [3.63, 3.8) is 0 Å². The van der Waals surface area contributed by atoms with Crippen molar-refractivity contribution in [1.82, 2.24) is 10.2 Å². The van der Waals surface area contributed by atoms with Crippen molar-refractivity contribution in [1.29, 1.82) is 0 Å². The minimum Gasteiger partial charge on any atom is -0.338 e. The van der Waals surface area contributed by atoms with E-state index in [9.17, 15) is 4.79 Å². The number of carbonyl (C=O) groups excluding carboxylic acids is 1. The third-order valence-electron chi connectivity index (χ3n) is 3.84. The first kappa shape index (κ1) is 8.72. The van der Waals surface area contributed by atoms with Gasteiger partial charge in [-0.15, -0.1) is 0 Å². The zero-order valence-corrected chi connectivity index (χ0v) is 8.54. The SMILES string of the molecule is O=C(C1CC1)N1CCCC2NCCC21. The van der Waals surface area contributed by atoms with E-state index in [1.807, 2.05) is 0 Å². The summed E-state index contributed by atoms with van der Waals surface area (Å²) in [5.74, 6) is 0.845. The fourth-order valence-corrected chi connectivity index (χ4v) is 2.91. The molecular formula is C11H18N2O. The summed E-state index contributed by atoms with van der Waals surface area (Å²) in [4.78, 5) is 14.2. The van der Waals surface area contributed by atoms with Crippen LogP contribution in [0.15, 0.2) is 0 Å². The lowest BCUT2D eigenvalue weighted by atomic mass is 9.97. The van der Waals surface area contributed by atoms with Gasteiger partial charge >= 0.3 is 0 Å². The summed E-state index contributed by atoms with van der Waals surface area (Å²) in [7, 11) is 0. The lowest BCUT2D eigenvalue weighted by Crippen LogP contribution is -2.51. The zero-order valence-electron chi connectivity index (χ0n) is 8.54. The topological polar surface area (TPSA) is 32.3 Å². The molecule has 1 N–H and O–H groups in total. The molecule has 3 heteroatoms. The van der Waals surface area contributed by atoms with Crippen molar-refractivity contribution < 1.29 is 4.79 Å². The number of hydrogen-bond donors (Lipinski definition) is 1. The smallest absolute Gasteiger partial charge is 0.225 e. The first-order valence-electron chi connectivity index (χ1n) is 5.90. The van der Waals surface area contributed by atoms with Crippen molar-refractivity contribution in [2.75, 3.05) is 13.1 Å². The number of piperidine rings is 1. The van der Waals surface area contributed by atoms with Crippen LogP contribution in [0.2, 0.25) is 0 Å². The van der Waals surface area contributed by atoms with Crippen molar-refractivity contribution in [2.45, 2.75) is 44.2 Å². The molecule has 2 atom stereocenters. The number of likely N-dealkylation sites (tertiary alicyclic amines) is 1. The van der Waals surface area contributed by atoms with Crippen molar-refractivity contribution in [3.05, 3.63) is 0 Å². The maximum absolute atomic E-state index is 12.0. The van der Waals surface area contributed by atoms with E-state index in [0.29, 0.717) is 23.9 Å². The molecule has 1 saturated carbocycles. The molecule has 2 saturated heterocycles. The first-order valence-corrected chi connectivity index (χ1v) is 5.90. The molecule has 2 aliphatic heterocycles. The van der Waals surface area contributed by atoms with E-state index in [-0.39, 0.29) is 0 Å². The second-order valence-electron chi connectivity index (χ2n) is 4.86. The van der Waals surface area contributed by atoms with Crippen molar-refractivity contribution in [2.24, 2.45) is 5.92 Å². The van der Waals surface area contributed by atoms with Gasteiger partial charge < -0.3 is 10.2 Å². The average molecular weight is 194 g/mol. The largest absolute Gasteiger partial charge is 0.338 e. The summed E-state index contributed by atoms with van der Waals surface area (Å²) in [6, 6.07) is 1.13. The molecule has 0 aromatic heterocycles. The predicted octanol–water partition coefficient (Wildman–Crippen LogP) is 0.749. The highest BCUT2D eigenvalue weighted by atomic mass is 16.2. The van der Waals surface area contributed by atoms with Gasteiger partial charge in [0.2, 0.25) is 5.91 Å². The molecule has 2 heterocycles. The van der Waals surface area contributed by atoms with Gasteiger partial charge in [-0.25, -0.2) is 0 Å². The van der Waals surface area contributed by atoms with Crippen molar-refractivity contribution in [3.8, 4) is 0 Å². The first-order chi connectivity index (χ1) is 6.86. The van der Waals surface area contributed by atoms with Crippen LogP contribution in [0.1, 0.15) is 32.1 Å². The van der Waals surface area contributed by atoms with Crippen LogP contribution in [-0.4, -0.2) is 36.0 Å².